The second-order valence-electron chi connectivity index (χ2n) is 4.06. The average Bonchev–Trinajstić information content (AvgIpc) is 2.83. The number of hydrogen-bond acceptors (Lipinski definition) is 6. The van der Waals surface area contributed by atoms with Gasteiger partial charge < -0.3 is 14.2 Å². The average molecular weight is 306 g/mol. The second-order valence-corrected chi connectivity index (χ2v) is 5.07. The van der Waals surface area contributed by atoms with Crippen molar-refractivity contribution in [2.45, 2.75) is 0 Å². The lowest BCUT2D eigenvalue weighted by molar-refractivity contribution is -0.135. The molecule has 0 saturated heterocycles. The summed E-state index contributed by atoms with van der Waals surface area (Å²) in [6, 6.07) is 7.06. The molecule has 0 bridgehead atoms. The van der Waals surface area contributed by atoms with Crippen LogP contribution in [0.1, 0.15) is 5.56 Å². The minimum Gasteiger partial charge on any atom is -0.497 e. The summed E-state index contributed by atoms with van der Waals surface area (Å²) in [4.78, 5) is 24.0. The fraction of sp³-hybridized carbons (Fsp3) is 0.200. The predicted molar refractivity (Wildman–Crippen MR) is 79.6 cm³/mol. The van der Waals surface area contributed by atoms with E-state index in [-0.39, 0.29) is 10.7 Å². The summed E-state index contributed by atoms with van der Waals surface area (Å²) in [6.45, 7) is 0. The zero-order chi connectivity index (χ0) is 15.4. The third kappa shape index (κ3) is 3.11. The Morgan fingerprint density at radius 3 is 2.29 bits per heavy atom. The van der Waals surface area contributed by atoms with Gasteiger partial charge in [0.15, 0.2) is 5.09 Å². The van der Waals surface area contributed by atoms with Gasteiger partial charge >= 0.3 is 5.97 Å². The third-order valence-electron chi connectivity index (χ3n) is 2.87. The Morgan fingerprint density at radius 2 is 1.76 bits per heavy atom. The van der Waals surface area contributed by atoms with Crippen molar-refractivity contribution in [3.63, 3.8) is 0 Å². The van der Waals surface area contributed by atoms with Gasteiger partial charge in [0.25, 0.3) is 0 Å². The van der Waals surface area contributed by atoms with Gasteiger partial charge in [-0.2, -0.15) is 0 Å². The first kappa shape index (κ1) is 15.2. The first-order chi connectivity index (χ1) is 10.1. The molecule has 1 aromatic carbocycles. The molecule has 0 N–H and O–H groups in total. The van der Waals surface area contributed by atoms with E-state index in [4.69, 9.17) is 9.47 Å². The number of ether oxygens (including phenoxy) is 3. The number of Topliss-reactive ketones (excluding diaryl/α,β-unsaturated/α-hetero) is 1. The van der Waals surface area contributed by atoms with Gasteiger partial charge in [-0.05, 0) is 29.5 Å². The molecule has 1 heterocycles. The Labute approximate surface area is 126 Å². The van der Waals surface area contributed by atoms with Crippen LogP contribution in [0, 0.1) is 0 Å². The molecule has 0 atom stereocenters. The van der Waals surface area contributed by atoms with Gasteiger partial charge in [0.1, 0.15) is 5.75 Å². The van der Waals surface area contributed by atoms with Crippen LogP contribution in [0.25, 0.3) is 5.57 Å². The maximum absolute atomic E-state index is 12.4. The Bertz CT molecular complexity index is 628. The maximum atomic E-state index is 12.4. The number of hydrogen-bond donors (Lipinski definition) is 0. The molecule has 0 aromatic heterocycles. The van der Waals surface area contributed by atoms with Crippen LogP contribution in [-0.2, 0) is 19.1 Å². The zero-order valence-electron chi connectivity index (χ0n) is 11.8. The lowest BCUT2D eigenvalue weighted by atomic mass is 10.0. The molecule has 1 aliphatic rings. The minimum absolute atomic E-state index is 0.257. The van der Waals surface area contributed by atoms with Crippen LogP contribution in [0.4, 0.5) is 0 Å². The third-order valence-corrected chi connectivity index (χ3v) is 3.95. The van der Waals surface area contributed by atoms with E-state index in [2.05, 4.69) is 4.74 Å². The number of benzene rings is 1. The van der Waals surface area contributed by atoms with E-state index in [9.17, 15) is 9.59 Å². The highest BCUT2D eigenvalue weighted by atomic mass is 32.2. The topological polar surface area (TPSA) is 61.8 Å². The molecular weight excluding hydrogens is 292 g/mol. The van der Waals surface area contributed by atoms with Crippen LogP contribution in [0.2, 0.25) is 0 Å². The van der Waals surface area contributed by atoms with Gasteiger partial charge in [-0.25, -0.2) is 4.79 Å². The fourth-order valence-electron chi connectivity index (χ4n) is 1.82. The molecule has 0 fully saturated rings. The lowest BCUT2D eigenvalue weighted by Gasteiger charge is -2.05. The van der Waals surface area contributed by atoms with Crippen LogP contribution in [0.3, 0.4) is 0 Å². The van der Waals surface area contributed by atoms with Crippen LogP contribution >= 0.6 is 11.8 Å². The van der Waals surface area contributed by atoms with Crippen LogP contribution in [-0.4, -0.2) is 33.1 Å². The molecule has 0 spiro atoms. The van der Waals surface area contributed by atoms with Crippen LogP contribution in [0.15, 0.2) is 40.3 Å². The highest BCUT2D eigenvalue weighted by molar-refractivity contribution is 8.08. The summed E-state index contributed by atoms with van der Waals surface area (Å²) < 4.78 is 14.9. The van der Waals surface area contributed by atoms with E-state index in [1.165, 1.54) is 20.3 Å². The van der Waals surface area contributed by atoms with Crippen molar-refractivity contribution in [3.8, 4) is 5.75 Å². The lowest BCUT2D eigenvalue weighted by Crippen LogP contribution is -2.02. The molecule has 110 valence electrons. The first-order valence-corrected chi connectivity index (χ1v) is 6.87. The summed E-state index contributed by atoms with van der Waals surface area (Å²) in [6.07, 6.45) is 1.17. The van der Waals surface area contributed by atoms with Gasteiger partial charge in [-0.15, -0.1) is 0 Å². The van der Waals surface area contributed by atoms with Crippen molar-refractivity contribution >= 4 is 29.1 Å². The molecule has 0 saturated carbocycles. The van der Waals surface area contributed by atoms with E-state index >= 15 is 0 Å². The molecule has 21 heavy (non-hydrogen) atoms. The quantitative estimate of drug-likeness (QED) is 0.629. The highest BCUT2D eigenvalue weighted by Crippen LogP contribution is 2.43. The van der Waals surface area contributed by atoms with Gasteiger partial charge in [0.2, 0.25) is 5.78 Å². The van der Waals surface area contributed by atoms with Crippen molar-refractivity contribution in [2.24, 2.45) is 0 Å². The number of rotatable bonds is 4. The normalized spacial score (nSPS) is 16.3. The molecule has 5 nitrogen and oxygen atoms in total. The zero-order valence-corrected chi connectivity index (χ0v) is 12.7. The molecule has 1 aromatic rings. The van der Waals surface area contributed by atoms with Crippen molar-refractivity contribution in [2.75, 3.05) is 21.3 Å². The van der Waals surface area contributed by atoms with Crippen LogP contribution in [0.5, 0.6) is 5.75 Å². The number of ketones is 1. The van der Waals surface area contributed by atoms with Crippen molar-refractivity contribution in [3.05, 3.63) is 45.9 Å². The van der Waals surface area contributed by atoms with Crippen molar-refractivity contribution < 1.29 is 23.8 Å². The smallest absolute Gasteiger partial charge is 0.331 e. The van der Waals surface area contributed by atoms with E-state index in [0.29, 0.717) is 22.0 Å². The molecule has 6 heteroatoms. The predicted octanol–water partition coefficient (Wildman–Crippen LogP) is 2.38. The Hall–Kier alpha value is -2.21. The summed E-state index contributed by atoms with van der Waals surface area (Å²) in [5.74, 6) is -0.133. The molecule has 0 amide bonds. The number of thioether (sulfide) groups is 1. The maximum Gasteiger partial charge on any atom is 0.331 e. The Morgan fingerprint density at radius 1 is 1.10 bits per heavy atom. The first-order valence-electron chi connectivity index (χ1n) is 6.05. The van der Waals surface area contributed by atoms with E-state index < -0.39 is 5.97 Å². The fourth-order valence-corrected chi connectivity index (χ4v) is 2.77. The summed E-state index contributed by atoms with van der Waals surface area (Å²) in [5.41, 5.74) is 1.14. The van der Waals surface area contributed by atoms with Crippen molar-refractivity contribution in [1.29, 1.82) is 0 Å². The molecule has 0 radical (unpaired) electrons. The highest BCUT2D eigenvalue weighted by Gasteiger charge is 2.32. The molecule has 0 unspecified atom stereocenters. The molecule has 1 aliphatic heterocycles. The number of carbonyl (C=O) groups excluding carboxylic acids is 2. The van der Waals surface area contributed by atoms with Gasteiger partial charge in [0, 0.05) is 6.08 Å². The Balaban J connectivity index is 2.38. The minimum atomic E-state index is -0.572. The number of methoxy groups -OCH3 is 3. The van der Waals surface area contributed by atoms with Crippen molar-refractivity contribution in [1.82, 2.24) is 0 Å². The van der Waals surface area contributed by atoms with Crippen LogP contribution < -0.4 is 4.74 Å². The second kappa shape index (κ2) is 6.49. The monoisotopic (exact) mass is 306 g/mol. The van der Waals surface area contributed by atoms with Gasteiger partial charge in [-0.1, -0.05) is 12.1 Å². The number of allylic oxidation sites excluding steroid dienone is 2. The van der Waals surface area contributed by atoms with E-state index in [0.717, 1.165) is 11.8 Å². The molecular formula is C15H14O5S. The van der Waals surface area contributed by atoms with Gasteiger partial charge in [0.05, 0.1) is 31.8 Å². The largest absolute Gasteiger partial charge is 0.497 e. The number of esters is 1. The Kier molecular flexibility index (Phi) is 4.70. The van der Waals surface area contributed by atoms with Gasteiger partial charge in [-0.3, -0.25) is 4.79 Å². The molecule has 2 rings (SSSR count). The summed E-state index contributed by atoms with van der Waals surface area (Å²) >= 11 is 1.11. The van der Waals surface area contributed by atoms with E-state index in [1.54, 1.807) is 31.4 Å². The summed E-state index contributed by atoms with van der Waals surface area (Å²) in [7, 11) is 4.32. The number of carbonyl (C=O) groups is 2. The standard InChI is InChI=1S/C15H14O5S/c1-18-10-6-4-9(5-7-10)13-14(17)11(8-12(16)19-2)21-15(13)20-3/h4-8H,1-3H3. The van der Waals surface area contributed by atoms with E-state index in [1.807, 2.05) is 0 Å². The molecule has 0 aliphatic carbocycles. The summed E-state index contributed by atoms with van der Waals surface area (Å²) in [5, 5.41) is 0.459. The SMILES string of the molecule is COC(=O)C=C1SC(OC)=C(c2ccc(OC)cc2)C1=O.